The molecule has 17 heavy (non-hydrogen) atoms. The predicted molar refractivity (Wildman–Crippen MR) is 66.5 cm³/mol. The second-order valence-electron chi connectivity index (χ2n) is 5.22. The molecule has 4 nitrogen and oxygen atoms in total. The Labute approximate surface area is 103 Å². The van der Waals surface area contributed by atoms with E-state index in [0.717, 1.165) is 38.8 Å². The molecule has 3 atom stereocenters. The highest BCUT2D eigenvalue weighted by Crippen LogP contribution is 2.32. The van der Waals surface area contributed by atoms with Crippen molar-refractivity contribution < 1.29 is 9.53 Å². The Morgan fingerprint density at radius 2 is 2.29 bits per heavy atom. The van der Waals surface area contributed by atoms with Gasteiger partial charge in [0.25, 0.3) is 0 Å². The first-order valence-corrected chi connectivity index (χ1v) is 6.86. The van der Waals surface area contributed by atoms with Crippen molar-refractivity contribution in [2.45, 2.75) is 38.7 Å². The molecule has 1 saturated heterocycles. The Kier molecular flexibility index (Phi) is 4.40. The van der Waals surface area contributed by atoms with Crippen LogP contribution in [0.1, 0.15) is 32.6 Å². The molecular formula is C13H24N2O2. The van der Waals surface area contributed by atoms with E-state index in [1.54, 1.807) is 0 Å². The number of carbonyl (C=O) groups excluding carboxylic acids is 1. The summed E-state index contributed by atoms with van der Waals surface area (Å²) in [5.41, 5.74) is 5.75. The molecule has 2 aliphatic rings. The van der Waals surface area contributed by atoms with Gasteiger partial charge in [0.1, 0.15) is 0 Å². The van der Waals surface area contributed by atoms with Gasteiger partial charge in [0.15, 0.2) is 0 Å². The molecule has 0 aromatic carbocycles. The number of nitrogens with two attached hydrogens (primary N) is 1. The van der Waals surface area contributed by atoms with Crippen LogP contribution < -0.4 is 5.73 Å². The highest BCUT2D eigenvalue weighted by molar-refractivity contribution is 5.79. The number of morpholine rings is 1. The van der Waals surface area contributed by atoms with Crippen LogP contribution in [-0.2, 0) is 9.53 Å². The van der Waals surface area contributed by atoms with Crippen molar-refractivity contribution >= 4 is 5.91 Å². The van der Waals surface area contributed by atoms with Gasteiger partial charge in [-0.15, -0.1) is 0 Å². The van der Waals surface area contributed by atoms with Gasteiger partial charge in [0.2, 0.25) is 5.91 Å². The van der Waals surface area contributed by atoms with Gasteiger partial charge in [-0.25, -0.2) is 0 Å². The monoisotopic (exact) mass is 240 g/mol. The fraction of sp³-hybridized carbons (Fsp3) is 0.923. The van der Waals surface area contributed by atoms with E-state index in [1.807, 2.05) is 4.90 Å². The van der Waals surface area contributed by atoms with Gasteiger partial charge in [0, 0.05) is 19.0 Å². The van der Waals surface area contributed by atoms with Gasteiger partial charge in [-0.3, -0.25) is 4.79 Å². The second-order valence-corrected chi connectivity index (χ2v) is 5.22. The first-order chi connectivity index (χ1) is 8.26. The van der Waals surface area contributed by atoms with Crippen molar-refractivity contribution in [1.29, 1.82) is 0 Å². The zero-order valence-corrected chi connectivity index (χ0v) is 10.7. The SMILES string of the molecule is CCC1CN(C(=O)[C@@H]2CCC[C@@H]2CN)CCO1. The third-order valence-electron chi connectivity index (χ3n) is 4.18. The summed E-state index contributed by atoms with van der Waals surface area (Å²) in [7, 11) is 0. The summed E-state index contributed by atoms with van der Waals surface area (Å²) in [6, 6.07) is 0. The topological polar surface area (TPSA) is 55.6 Å². The molecule has 0 aromatic heterocycles. The highest BCUT2D eigenvalue weighted by atomic mass is 16.5. The van der Waals surface area contributed by atoms with Crippen LogP contribution in [0.4, 0.5) is 0 Å². The first kappa shape index (κ1) is 12.8. The zero-order chi connectivity index (χ0) is 12.3. The van der Waals surface area contributed by atoms with Gasteiger partial charge in [-0.05, 0) is 31.7 Å². The Morgan fingerprint density at radius 3 is 3.00 bits per heavy atom. The number of ether oxygens (including phenoxy) is 1. The lowest BCUT2D eigenvalue weighted by Crippen LogP contribution is -2.48. The maximum atomic E-state index is 12.4. The molecule has 2 N–H and O–H groups in total. The summed E-state index contributed by atoms with van der Waals surface area (Å²) in [4.78, 5) is 14.4. The molecule has 1 heterocycles. The summed E-state index contributed by atoms with van der Waals surface area (Å²) in [5.74, 6) is 0.903. The van der Waals surface area contributed by atoms with E-state index in [4.69, 9.17) is 10.5 Å². The van der Waals surface area contributed by atoms with Crippen LogP contribution in [-0.4, -0.2) is 43.2 Å². The van der Waals surface area contributed by atoms with Crippen molar-refractivity contribution in [2.24, 2.45) is 17.6 Å². The Hall–Kier alpha value is -0.610. The maximum Gasteiger partial charge on any atom is 0.226 e. The van der Waals surface area contributed by atoms with Crippen LogP contribution in [0.2, 0.25) is 0 Å². The normalized spacial score (nSPS) is 34.0. The van der Waals surface area contributed by atoms with Crippen molar-refractivity contribution in [3.8, 4) is 0 Å². The van der Waals surface area contributed by atoms with Gasteiger partial charge in [-0.1, -0.05) is 13.3 Å². The minimum absolute atomic E-state index is 0.176. The highest BCUT2D eigenvalue weighted by Gasteiger charge is 2.36. The van der Waals surface area contributed by atoms with Gasteiger partial charge < -0.3 is 15.4 Å². The lowest BCUT2D eigenvalue weighted by atomic mass is 9.94. The van der Waals surface area contributed by atoms with Crippen LogP contribution in [0.3, 0.4) is 0 Å². The van der Waals surface area contributed by atoms with E-state index in [2.05, 4.69) is 6.92 Å². The molecule has 2 fully saturated rings. The quantitative estimate of drug-likeness (QED) is 0.800. The van der Waals surface area contributed by atoms with Crippen molar-refractivity contribution in [2.75, 3.05) is 26.2 Å². The molecule has 1 amide bonds. The van der Waals surface area contributed by atoms with Crippen molar-refractivity contribution in [3.05, 3.63) is 0 Å². The molecule has 98 valence electrons. The van der Waals surface area contributed by atoms with Gasteiger partial charge >= 0.3 is 0 Å². The second kappa shape index (κ2) is 5.83. The molecule has 0 spiro atoms. The molecule has 0 aromatic rings. The standard InChI is InChI=1S/C13H24N2O2/c1-2-11-9-15(6-7-17-11)13(16)12-5-3-4-10(12)8-14/h10-12H,2-9,14H2,1H3/t10-,11?,12-/m1/s1. The van der Waals surface area contributed by atoms with Crippen LogP contribution in [0, 0.1) is 11.8 Å². The third-order valence-corrected chi connectivity index (χ3v) is 4.18. The molecular weight excluding hydrogens is 216 g/mol. The van der Waals surface area contributed by atoms with Crippen LogP contribution in [0.5, 0.6) is 0 Å². The smallest absolute Gasteiger partial charge is 0.226 e. The van der Waals surface area contributed by atoms with E-state index in [-0.39, 0.29) is 12.0 Å². The predicted octanol–water partition coefficient (Wildman–Crippen LogP) is 0.999. The lowest BCUT2D eigenvalue weighted by Gasteiger charge is -2.35. The molecule has 1 saturated carbocycles. The number of carbonyl (C=O) groups is 1. The van der Waals surface area contributed by atoms with Crippen LogP contribution in [0.25, 0.3) is 0 Å². The van der Waals surface area contributed by atoms with Gasteiger partial charge in [-0.2, -0.15) is 0 Å². The maximum absolute atomic E-state index is 12.4. The van der Waals surface area contributed by atoms with Gasteiger partial charge in [0.05, 0.1) is 12.7 Å². The average Bonchev–Trinajstić information content (AvgIpc) is 2.86. The summed E-state index contributed by atoms with van der Waals surface area (Å²) in [6.45, 7) is 4.96. The molecule has 0 radical (unpaired) electrons. The van der Waals surface area contributed by atoms with E-state index >= 15 is 0 Å². The average molecular weight is 240 g/mol. The summed E-state index contributed by atoms with van der Waals surface area (Å²) in [6.07, 6.45) is 4.50. The molecule has 2 rings (SSSR count). The molecule has 1 aliphatic heterocycles. The zero-order valence-electron chi connectivity index (χ0n) is 10.7. The minimum atomic E-state index is 0.176. The number of amides is 1. The fourth-order valence-corrected chi connectivity index (χ4v) is 3.05. The Bertz CT molecular complexity index is 270. The Balaban J connectivity index is 1.94. The summed E-state index contributed by atoms with van der Waals surface area (Å²) < 4.78 is 5.60. The number of hydrogen-bond acceptors (Lipinski definition) is 3. The lowest BCUT2D eigenvalue weighted by molar-refractivity contribution is -0.144. The largest absolute Gasteiger partial charge is 0.375 e. The van der Waals surface area contributed by atoms with E-state index < -0.39 is 0 Å². The molecule has 0 bridgehead atoms. The third kappa shape index (κ3) is 2.80. The molecule has 1 unspecified atom stereocenters. The number of hydrogen-bond donors (Lipinski definition) is 1. The van der Waals surface area contributed by atoms with Crippen molar-refractivity contribution in [1.82, 2.24) is 4.90 Å². The van der Waals surface area contributed by atoms with Crippen LogP contribution >= 0.6 is 0 Å². The first-order valence-electron chi connectivity index (χ1n) is 6.86. The summed E-state index contributed by atoms with van der Waals surface area (Å²) >= 11 is 0. The number of nitrogens with zero attached hydrogens (tertiary/aromatic N) is 1. The van der Waals surface area contributed by atoms with Crippen molar-refractivity contribution in [3.63, 3.8) is 0 Å². The minimum Gasteiger partial charge on any atom is -0.375 e. The fourth-order valence-electron chi connectivity index (χ4n) is 3.05. The summed E-state index contributed by atoms with van der Waals surface area (Å²) in [5, 5.41) is 0. The van der Waals surface area contributed by atoms with E-state index in [1.165, 1.54) is 0 Å². The Morgan fingerprint density at radius 1 is 1.47 bits per heavy atom. The van der Waals surface area contributed by atoms with E-state index in [9.17, 15) is 4.79 Å². The van der Waals surface area contributed by atoms with E-state index in [0.29, 0.717) is 25.0 Å². The molecule has 4 heteroatoms. The van der Waals surface area contributed by atoms with Crippen LogP contribution in [0.15, 0.2) is 0 Å². The molecule has 1 aliphatic carbocycles. The number of rotatable bonds is 3.